The van der Waals surface area contributed by atoms with Crippen LogP contribution < -0.4 is 0 Å². The van der Waals surface area contributed by atoms with Crippen molar-refractivity contribution >= 4 is 5.97 Å². The van der Waals surface area contributed by atoms with E-state index in [-0.39, 0.29) is 5.56 Å². The van der Waals surface area contributed by atoms with E-state index in [1.165, 1.54) is 19.9 Å². The first-order chi connectivity index (χ1) is 7.17. The third-order valence-corrected chi connectivity index (χ3v) is 2.28. The highest BCUT2D eigenvalue weighted by Gasteiger charge is 2.42. The van der Waals surface area contributed by atoms with Crippen LogP contribution in [0.15, 0.2) is 18.3 Å². The first kappa shape index (κ1) is 12.5. The Labute approximate surface area is 89.9 Å². The van der Waals surface area contributed by atoms with Gasteiger partial charge in [-0.05, 0) is 25.5 Å². The average Bonchev–Trinajstić information content (AvgIpc) is 2.16. The van der Waals surface area contributed by atoms with Crippen molar-refractivity contribution in [1.29, 1.82) is 0 Å². The molecule has 0 aliphatic rings. The summed E-state index contributed by atoms with van der Waals surface area (Å²) in [5.41, 5.74) is -3.11. The van der Waals surface area contributed by atoms with Crippen LogP contribution in [0.25, 0.3) is 0 Å². The molecule has 6 heteroatoms. The Morgan fingerprint density at radius 1 is 1.38 bits per heavy atom. The molecule has 1 heterocycles. The first-order valence-electron chi connectivity index (χ1n) is 4.43. The highest BCUT2D eigenvalue weighted by molar-refractivity contribution is 5.80. The number of rotatable bonds is 2. The number of hydrogen-bond donors (Lipinski definition) is 1. The van der Waals surface area contributed by atoms with Crippen LogP contribution in [0.5, 0.6) is 0 Å². The largest absolute Gasteiger partial charge is 0.481 e. The number of aliphatic carboxylic acids is 1. The number of halogens is 3. The zero-order valence-corrected chi connectivity index (χ0v) is 8.67. The van der Waals surface area contributed by atoms with Gasteiger partial charge in [-0.1, -0.05) is 6.07 Å². The smallest absolute Gasteiger partial charge is 0.433 e. The van der Waals surface area contributed by atoms with Crippen molar-refractivity contribution in [3.63, 3.8) is 0 Å². The molecule has 16 heavy (non-hydrogen) atoms. The quantitative estimate of drug-likeness (QED) is 0.853. The highest BCUT2D eigenvalue weighted by Crippen LogP contribution is 2.35. The second-order valence-corrected chi connectivity index (χ2v) is 3.83. The lowest BCUT2D eigenvalue weighted by Gasteiger charge is -2.22. The number of aromatic nitrogens is 1. The average molecular weight is 233 g/mol. The Bertz CT molecular complexity index is 413. The Hall–Kier alpha value is -1.59. The van der Waals surface area contributed by atoms with Gasteiger partial charge in [-0.25, -0.2) is 0 Å². The molecule has 0 radical (unpaired) electrons. The van der Waals surface area contributed by atoms with Gasteiger partial charge in [-0.15, -0.1) is 0 Å². The Morgan fingerprint density at radius 2 is 1.94 bits per heavy atom. The van der Waals surface area contributed by atoms with E-state index in [1.54, 1.807) is 0 Å². The van der Waals surface area contributed by atoms with Crippen molar-refractivity contribution in [2.75, 3.05) is 0 Å². The summed E-state index contributed by atoms with van der Waals surface area (Å²) >= 11 is 0. The summed E-state index contributed by atoms with van der Waals surface area (Å²) in [6, 6.07) is 2.42. The van der Waals surface area contributed by atoms with Crippen LogP contribution in [0.3, 0.4) is 0 Å². The Morgan fingerprint density at radius 3 is 2.38 bits per heavy atom. The monoisotopic (exact) mass is 233 g/mol. The molecule has 1 aromatic heterocycles. The van der Waals surface area contributed by atoms with E-state index in [1.807, 2.05) is 0 Å². The van der Waals surface area contributed by atoms with Crippen LogP contribution in [0.4, 0.5) is 13.2 Å². The number of hydrogen-bond acceptors (Lipinski definition) is 2. The van der Waals surface area contributed by atoms with Gasteiger partial charge in [0.25, 0.3) is 0 Å². The lowest BCUT2D eigenvalue weighted by atomic mass is 9.83. The van der Waals surface area contributed by atoms with Crippen LogP contribution in [-0.4, -0.2) is 16.1 Å². The van der Waals surface area contributed by atoms with E-state index < -0.39 is 23.3 Å². The van der Waals surface area contributed by atoms with Gasteiger partial charge in [0, 0.05) is 6.20 Å². The third kappa shape index (κ3) is 2.15. The van der Waals surface area contributed by atoms with E-state index in [2.05, 4.69) is 4.98 Å². The molecule has 1 aromatic rings. The number of carboxylic acid groups (broad SMARTS) is 1. The van der Waals surface area contributed by atoms with Crippen LogP contribution in [-0.2, 0) is 16.4 Å². The second-order valence-electron chi connectivity index (χ2n) is 3.83. The number of alkyl halides is 3. The molecule has 0 saturated heterocycles. The molecule has 1 N–H and O–H groups in total. The molecule has 88 valence electrons. The predicted octanol–water partition coefficient (Wildman–Crippen LogP) is 2.46. The summed E-state index contributed by atoms with van der Waals surface area (Å²) in [5.74, 6) is -1.33. The maximum absolute atomic E-state index is 12.6. The molecule has 0 aliphatic heterocycles. The summed E-state index contributed by atoms with van der Waals surface area (Å²) in [7, 11) is 0. The highest BCUT2D eigenvalue weighted by atomic mass is 19.4. The van der Waals surface area contributed by atoms with Crippen molar-refractivity contribution in [1.82, 2.24) is 4.98 Å². The molecule has 0 aliphatic carbocycles. The van der Waals surface area contributed by atoms with E-state index >= 15 is 0 Å². The summed E-state index contributed by atoms with van der Waals surface area (Å²) in [6.07, 6.45) is -3.66. The third-order valence-electron chi connectivity index (χ3n) is 2.28. The maximum atomic E-state index is 12.6. The van der Waals surface area contributed by atoms with Crippen molar-refractivity contribution < 1.29 is 23.1 Å². The normalized spacial score (nSPS) is 12.6. The van der Waals surface area contributed by atoms with Crippen LogP contribution in [0, 0.1) is 0 Å². The zero-order valence-electron chi connectivity index (χ0n) is 8.67. The number of carboxylic acids is 1. The van der Waals surface area contributed by atoms with E-state index in [9.17, 15) is 18.0 Å². The van der Waals surface area contributed by atoms with Gasteiger partial charge in [-0.3, -0.25) is 9.78 Å². The van der Waals surface area contributed by atoms with Crippen molar-refractivity contribution in [2.45, 2.75) is 25.4 Å². The molecular weight excluding hydrogens is 223 g/mol. The lowest BCUT2D eigenvalue weighted by molar-refractivity contribution is -0.146. The van der Waals surface area contributed by atoms with Gasteiger partial charge in [0.2, 0.25) is 0 Å². The molecule has 1 rings (SSSR count). The van der Waals surface area contributed by atoms with Gasteiger partial charge in [-0.2, -0.15) is 13.2 Å². The van der Waals surface area contributed by atoms with Crippen molar-refractivity contribution in [3.05, 3.63) is 29.6 Å². The molecule has 3 nitrogen and oxygen atoms in total. The van der Waals surface area contributed by atoms with Gasteiger partial charge in [0.1, 0.15) is 5.69 Å². The fourth-order valence-electron chi connectivity index (χ4n) is 1.25. The standard InChI is InChI=1S/C10H10F3NO2/c1-9(2,8(15)16)6-4-3-5-14-7(6)10(11,12)13/h3-5H,1-2H3,(H,15,16). The van der Waals surface area contributed by atoms with Crippen LogP contribution in [0.1, 0.15) is 25.1 Å². The van der Waals surface area contributed by atoms with Gasteiger partial charge in [0.15, 0.2) is 0 Å². The number of pyridine rings is 1. The molecule has 0 aromatic carbocycles. The van der Waals surface area contributed by atoms with Gasteiger partial charge in [0.05, 0.1) is 5.41 Å². The van der Waals surface area contributed by atoms with Crippen molar-refractivity contribution in [2.24, 2.45) is 0 Å². The topological polar surface area (TPSA) is 50.2 Å². The van der Waals surface area contributed by atoms with E-state index in [0.717, 1.165) is 12.3 Å². The lowest BCUT2D eigenvalue weighted by Crippen LogP contribution is -2.32. The first-order valence-corrected chi connectivity index (χ1v) is 4.43. The number of carbonyl (C=O) groups is 1. The Kier molecular flexibility index (Phi) is 2.94. The fourth-order valence-corrected chi connectivity index (χ4v) is 1.25. The summed E-state index contributed by atoms with van der Waals surface area (Å²) in [6.45, 7) is 2.42. The van der Waals surface area contributed by atoms with E-state index in [4.69, 9.17) is 5.11 Å². The van der Waals surface area contributed by atoms with Crippen molar-refractivity contribution in [3.8, 4) is 0 Å². The summed E-state index contributed by atoms with van der Waals surface area (Å²) in [5, 5.41) is 8.89. The Balaban J connectivity index is 3.41. The predicted molar refractivity (Wildman–Crippen MR) is 49.9 cm³/mol. The SMILES string of the molecule is CC(C)(C(=O)O)c1cccnc1C(F)(F)F. The summed E-state index contributed by atoms with van der Waals surface area (Å²) < 4.78 is 37.8. The molecule has 0 amide bonds. The van der Waals surface area contributed by atoms with Crippen LogP contribution in [0.2, 0.25) is 0 Å². The molecule has 0 fully saturated rings. The fraction of sp³-hybridized carbons (Fsp3) is 0.400. The molecule has 0 saturated carbocycles. The summed E-state index contributed by atoms with van der Waals surface area (Å²) in [4.78, 5) is 14.1. The molecule has 0 bridgehead atoms. The minimum Gasteiger partial charge on any atom is -0.481 e. The second kappa shape index (κ2) is 3.77. The number of nitrogens with zero attached hydrogens (tertiary/aromatic N) is 1. The van der Waals surface area contributed by atoms with Crippen LogP contribution >= 0.6 is 0 Å². The molecular formula is C10H10F3NO2. The van der Waals surface area contributed by atoms with Gasteiger partial charge < -0.3 is 5.11 Å². The van der Waals surface area contributed by atoms with Gasteiger partial charge >= 0.3 is 12.1 Å². The molecule has 0 spiro atoms. The minimum absolute atomic E-state index is 0.338. The molecule has 0 atom stereocenters. The van der Waals surface area contributed by atoms with E-state index in [0.29, 0.717) is 0 Å². The maximum Gasteiger partial charge on any atom is 0.433 e. The minimum atomic E-state index is -4.65. The zero-order chi connectivity index (χ0) is 12.6. The molecule has 0 unspecified atom stereocenters.